The summed E-state index contributed by atoms with van der Waals surface area (Å²) in [5.41, 5.74) is 2.78. The fraction of sp³-hybridized carbons (Fsp3) is 0.190. The molecule has 0 bridgehead atoms. The molecule has 1 aliphatic carbocycles. The standard InChI is InChI=1S/C21H18ClFN4O2/c22-13-8-10-14(11-9-13)25-19(28)12-24-21(29)20-15-4-3-7-17(15)27(26-20)18-6-2-1-5-16(18)23/h1-2,5-6,8-11H,3-4,7,12H2,(H,24,29)(H,25,28). The van der Waals surface area contributed by atoms with E-state index in [1.807, 2.05) is 0 Å². The Bertz CT molecular complexity index is 1080. The maximum absolute atomic E-state index is 14.2. The molecule has 1 heterocycles. The average molecular weight is 413 g/mol. The van der Waals surface area contributed by atoms with Gasteiger partial charge in [0.25, 0.3) is 5.91 Å². The third-order valence-electron chi connectivity index (χ3n) is 4.76. The van der Waals surface area contributed by atoms with Gasteiger partial charge >= 0.3 is 0 Å². The van der Waals surface area contributed by atoms with Crippen LogP contribution in [-0.2, 0) is 17.6 Å². The van der Waals surface area contributed by atoms with Gasteiger partial charge in [-0.05, 0) is 55.7 Å². The minimum atomic E-state index is -0.454. The normalized spacial score (nSPS) is 12.5. The number of para-hydroxylation sites is 1. The minimum Gasteiger partial charge on any atom is -0.342 e. The molecule has 6 nitrogen and oxygen atoms in total. The third kappa shape index (κ3) is 4.00. The monoisotopic (exact) mass is 412 g/mol. The molecule has 0 unspecified atom stereocenters. The van der Waals surface area contributed by atoms with Gasteiger partial charge < -0.3 is 10.6 Å². The highest BCUT2D eigenvalue weighted by Gasteiger charge is 2.27. The number of carbonyl (C=O) groups is 2. The Morgan fingerprint density at radius 3 is 2.62 bits per heavy atom. The van der Waals surface area contributed by atoms with E-state index in [9.17, 15) is 14.0 Å². The highest BCUT2D eigenvalue weighted by molar-refractivity contribution is 6.30. The van der Waals surface area contributed by atoms with Gasteiger partial charge in [0.15, 0.2) is 5.69 Å². The van der Waals surface area contributed by atoms with Crippen molar-refractivity contribution in [3.05, 3.63) is 76.3 Å². The number of fused-ring (bicyclic) bond motifs is 1. The van der Waals surface area contributed by atoms with Crippen LogP contribution in [0.25, 0.3) is 5.69 Å². The number of hydrogen-bond acceptors (Lipinski definition) is 3. The SMILES string of the molecule is O=C(CNC(=O)c1nn(-c2ccccc2F)c2c1CCC2)Nc1ccc(Cl)cc1. The maximum Gasteiger partial charge on any atom is 0.272 e. The van der Waals surface area contributed by atoms with E-state index in [0.717, 1.165) is 24.1 Å². The number of nitrogens with zero attached hydrogens (tertiary/aromatic N) is 2. The van der Waals surface area contributed by atoms with Crippen LogP contribution in [-0.4, -0.2) is 28.1 Å². The second-order valence-corrected chi connectivity index (χ2v) is 7.16. The molecule has 1 aromatic heterocycles. The summed E-state index contributed by atoms with van der Waals surface area (Å²) < 4.78 is 15.7. The fourth-order valence-electron chi connectivity index (χ4n) is 3.43. The number of carbonyl (C=O) groups excluding carboxylic acids is 2. The van der Waals surface area contributed by atoms with Crippen LogP contribution in [0.2, 0.25) is 5.02 Å². The van der Waals surface area contributed by atoms with E-state index in [2.05, 4.69) is 15.7 Å². The van der Waals surface area contributed by atoms with E-state index in [0.29, 0.717) is 22.8 Å². The molecule has 2 aromatic carbocycles. The molecular formula is C21H18ClFN4O2. The molecule has 2 N–H and O–H groups in total. The molecule has 0 saturated carbocycles. The van der Waals surface area contributed by atoms with E-state index in [4.69, 9.17) is 11.6 Å². The van der Waals surface area contributed by atoms with Gasteiger partial charge in [0, 0.05) is 22.0 Å². The Hall–Kier alpha value is -3.19. The van der Waals surface area contributed by atoms with Crippen LogP contribution in [0.1, 0.15) is 28.2 Å². The van der Waals surface area contributed by atoms with Crippen molar-refractivity contribution in [3.8, 4) is 5.69 Å². The van der Waals surface area contributed by atoms with E-state index >= 15 is 0 Å². The number of hydrogen-bond donors (Lipinski definition) is 2. The molecule has 0 fully saturated rings. The summed E-state index contributed by atoms with van der Waals surface area (Å²) in [6, 6.07) is 13.0. The Labute approximate surface area is 171 Å². The Morgan fingerprint density at radius 2 is 1.86 bits per heavy atom. The molecule has 0 radical (unpaired) electrons. The van der Waals surface area contributed by atoms with Crippen molar-refractivity contribution in [1.29, 1.82) is 0 Å². The second-order valence-electron chi connectivity index (χ2n) is 6.73. The number of nitrogens with one attached hydrogen (secondary N) is 2. The van der Waals surface area contributed by atoms with Gasteiger partial charge in [-0.15, -0.1) is 0 Å². The van der Waals surface area contributed by atoms with E-state index in [1.165, 1.54) is 10.7 Å². The molecule has 148 valence electrons. The summed E-state index contributed by atoms with van der Waals surface area (Å²) >= 11 is 5.82. The second kappa shape index (κ2) is 8.05. The molecule has 8 heteroatoms. The highest BCUT2D eigenvalue weighted by Crippen LogP contribution is 2.28. The summed E-state index contributed by atoms with van der Waals surface area (Å²) in [4.78, 5) is 24.8. The lowest BCUT2D eigenvalue weighted by atomic mass is 10.2. The predicted octanol–water partition coefficient (Wildman–Crippen LogP) is 3.52. The summed E-state index contributed by atoms with van der Waals surface area (Å²) in [6.45, 7) is -0.206. The zero-order valence-electron chi connectivity index (χ0n) is 15.4. The largest absolute Gasteiger partial charge is 0.342 e. The first-order valence-electron chi connectivity index (χ1n) is 9.22. The van der Waals surface area contributed by atoms with Gasteiger partial charge in [0.2, 0.25) is 5.91 Å². The van der Waals surface area contributed by atoms with Crippen molar-refractivity contribution in [2.75, 3.05) is 11.9 Å². The Morgan fingerprint density at radius 1 is 1.10 bits per heavy atom. The Kier molecular flexibility index (Phi) is 5.31. The van der Waals surface area contributed by atoms with Gasteiger partial charge in [-0.1, -0.05) is 23.7 Å². The molecule has 3 aromatic rings. The van der Waals surface area contributed by atoms with Crippen LogP contribution in [0.3, 0.4) is 0 Å². The molecule has 2 amide bonds. The lowest BCUT2D eigenvalue weighted by Gasteiger charge is -2.07. The van der Waals surface area contributed by atoms with Crippen molar-refractivity contribution in [3.63, 3.8) is 0 Å². The minimum absolute atomic E-state index is 0.206. The van der Waals surface area contributed by atoms with Gasteiger partial charge in [0.1, 0.15) is 11.5 Å². The first kappa shape index (κ1) is 19.1. The average Bonchev–Trinajstić information content (AvgIpc) is 3.31. The van der Waals surface area contributed by atoms with Crippen molar-refractivity contribution in [1.82, 2.24) is 15.1 Å². The van der Waals surface area contributed by atoms with Gasteiger partial charge in [0.05, 0.1) is 6.54 Å². The molecule has 1 aliphatic rings. The van der Waals surface area contributed by atoms with Crippen molar-refractivity contribution < 1.29 is 14.0 Å². The quantitative estimate of drug-likeness (QED) is 0.673. The lowest BCUT2D eigenvalue weighted by molar-refractivity contribution is -0.115. The Balaban J connectivity index is 1.48. The predicted molar refractivity (Wildman–Crippen MR) is 108 cm³/mol. The van der Waals surface area contributed by atoms with Crippen LogP contribution < -0.4 is 10.6 Å². The molecule has 0 saturated heterocycles. The summed E-state index contributed by atoms with van der Waals surface area (Å²) in [7, 11) is 0. The molecular weight excluding hydrogens is 395 g/mol. The summed E-state index contributed by atoms with van der Waals surface area (Å²) in [6.07, 6.45) is 2.30. The van der Waals surface area contributed by atoms with Crippen LogP contribution >= 0.6 is 11.6 Å². The smallest absolute Gasteiger partial charge is 0.272 e. The van der Waals surface area contributed by atoms with E-state index in [1.54, 1.807) is 42.5 Å². The van der Waals surface area contributed by atoms with Gasteiger partial charge in [-0.25, -0.2) is 9.07 Å². The fourth-order valence-corrected chi connectivity index (χ4v) is 3.55. The molecule has 0 aliphatic heterocycles. The van der Waals surface area contributed by atoms with Crippen LogP contribution in [0, 0.1) is 5.82 Å². The topological polar surface area (TPSA) is 76.0 Å². The zero-order valence-corrected chi connectivity index (χ0v) is 16.2. The molecule has 29 heavy (non-hydrogen) atoms. The van der Waals surface area contributed by atoms with Gasteiger partial charge in [-0.2, -0.15) is 5.10 Å². The van der Waals surface area contributed by atoms with E-state index < -0.39 is 11.7 Å². The third-order valence-corrected chi connectivity index (χ3v) is 5.02. The number of rotatable bonds is 5. The van der Waals surface area contributed by atoms with Crippen LogP contribution in [0.4, 0.5) is 10.1 Å². The van der Waals surface area contributed by atoms with Crippen LogP contribution in [0.15, 0.2) is 48.5 Å². The van der Waals surface area contributed by atoms with E-state index in [-0.39, 0.29) is 18.1 Å². The lowest BCUT2D eigenvalue weighted by Crippen LogP contribution is -2.33. The number of anilines is 1. The van der Waals surface area contributed by atoms with Crippen LogP contribution in [0.5, 0.6) is 0 Å². The molecule has 4 rings (SSSR count). The first-order valence-corrected chi connectivity index (χ1v) is 9.60. The summed E-state index contributed by atoms with van der Waals surface area (Å²) in [5, 5.41) is 10.2. The summed E-state index contributed by atoms with van der Waals surface area (Å²) in [5.74, 6) is -1.23. The number of aromatic nitrogens is 2. The molecule has 0 spiro atoms. The van der Waals surface area contributed by atoms with Crippen molar-refractivity contribution >= 4 is 29.1 Å². The maximum atomic E-state index is 14.2. The molecule has 0 atom stereocenters. The number of halogens is 2. The number of amides is 2. The first-order chi connectivity index (χ1) is 14.0. The zero-order chi connectivity index (χ0) is 20.4. The van der Waals surface area contributed by atoms with Crippen molar-refractivity contribution in [2.24, 2.45) is 0 Å². The number of benzene rings is 2. The van der Waals surface area contributed by atoms with Crippen molar-refractivity contribution in [2.45, 2.75) is 19.3 Å². The highest BCUT2D eigenvalue weighted by atomic mass is 35.5. The van der Waals surface area contributed by atoms with Gasteiger partial charge in [-0.3, -0.25) is 9.59 Å².